The fourth-order valence-corrected chi connectivity index (χ4v) is 3.48. The zero-order chi connectivity index (χ0) is 14.7. The van der Waals surface area contributed by atoms with E-state index >= 15 is 0 Å². The van der Waals surface area contributed by atoms with Crippen LogP contribution in [0.4, 0.5) is 0 Å². The SMILES string of the molecule is CSc1cc(C(=O)NC2CNCCC2C)c(Cl)cc1Cl. The smallest absolute Gasteiger partial charge is 0.253 e. The molecule has 2 atom stereocenters. The summed E-state index contributed by atoms with van der Waals surface area (Å²) in [5, 5.41) is 7.32. The van der Waals surface area contributed by atoms with Crippen molar-refractivity contribution in [3.05, 3.63) is 27.7 Å². The normalized spacial score (nSPS) is 22.6. The number of benzene rings is 1. The Kier molecular flexibility index (Phi) is 5.61. The number of hydrogen-bond acceptors (Lipinski definition) is 3. The second kappa shape index (κ2) is 7.03. The van der Waals surface area contributed by atoms with Crippen molar-refractivity contribution in [2.45, 2.75) is 24.3 Å². The third kappa shape index (κ3) is 3.61. The van der Waals surface area contributed by atoms with Crippen LogP contribution in [0.25, 0.3) is 0 Å². The average molecular weight is 333 g/mol. The highest BCUT2D eigenvalue weighted by molar-refractivity contribution is 7.98. The van der Waals surface area contributed by atoms with Crippen molar-refractivity contribution in [3.63, 3.8) is 0 Å². The number of halogens is 2. The van der Waals surface area contributed by atoms with Crippen LogP contribution < -0.4 is 10.6 Å². The van der Waals surface area contributed by atoms with Gasteiger partial charge in [0.2, 0.25) is 0 Å². The van der Waals surface area contributed by atoms with Crippen molar-refractivity contribution >= 4 is 40.9 Å². The highest BCUT2D eigenvalue weighted by atomic mass is 35.5. The number of amides is 1. The number of thioether (sulfide) groups is 1. The Bertz CT molecular complexity index is 510. The van der Waals surface area contributed by atoms with Gasteiger partial charge in [0.05, 0.1) is 15.6 Å². The number of carbonyl (C=O) groups excluding carboxylic acids is 1. The number of piperidine rings is 1. The van der Waals surface area contributed by atoms with E-state index < -0.39 is 0 Å². The summed E-state index contributed by atoms with van der Waals surface area (Å²) in [5.74, 6) is 0.328. The second-order valence-electron chi connectivity index (χ2n) is 5.02. The van der Waals surface area contributed by atoms with E-state index in [1.54, 1.807) is 12.1 Å². The summed E-state index contributed by atoms with van der Waals surface area (Å²) >= 11 is 13.7. The number of rotatable bonds is 3. The molecular weight excluding hydrogens is 315 g/mol. The van der Waals surface area contributed by atoms with Crippen LogP contribution in [0.15, 0.2) is 17.0 Å². The monoisotopic (exact) mass is 332 g/mol. The van der Waals surface area contributed by atoms with Crippen LogP contribution in [-0.2, 0) is 0 Å². The quantitative estimate of drug-likeness (QED) is 0.833. The lowest BCUT2D eigenvalue weighted by molar-refractivity contribution is 0.0915. The van der Waals surface area contributed by atoms with Gasteiger partial charge in [-0.05, 0) is 37.3 Å². The molecule has 6 heteroatoms. The molecule has 0 spiro atoms. The predicted molar refractivity (Wildman–Crippen MR) is 86.1 cm³/mol. The standard InChI is InChI=1S/C14H18Cl2N2OS/c1-8-3-4-17-7-12(8)18-14(19)9-5-13(20-2)11(16)6-10(9)15/h5-6,8,12,17H,3-4,7H2,1-2H3,(H,18,19). The first-order chi connectivity index (χ1) is 9.52. The molecule has 0 radical (unpaired) electrons. The topological polar surface area (TPSA) is 41.1 Å². The van der Waals surface area contributed by atoms with E-state index in [0.717, 1.165) is 24.4 Å². The molecule has 20 heavy (non-hydrogen) atoms. The summed E-state index contributed by atoms with van der Waals surface area (Å²) in [5.41, 5.74) is 0.484. The molecule has 1 aromatic carbocycles. The molecule has 1 aliphatic heterocycles. The van der Waals surface area contributed by atoms with Crippen molar-refractivity contribution in [1.82, 2.24) is 10.6 Å². The maximum Gasteiger partial charge on any atom is 0.253 e. The van der Waals surface area contributed by atoms with E-state index in [-0.39, 0.29) is 11.9 Å². The minimum atomic E-state index is -0.137. The molecule has 1 aromatic rings. The molecule has 3 nitrogen and oxygen atoms in total. The van der Waals surface area contributed by atoms with E-state index in [1.807, 2.05) is 6.26 Å². The summed E-state index contributed by atoms with van der Waals surface area (Å²) < 4.78 is 0. The molecule has 1 fully saturated rings. The van der Waals surface area contributed by atoms with Gasteiger partial charge < -0.3 is 10.6 Å². The summed E-state index contributed by atoms with van der Waals surface area (Å²) in [6.07, 6.45) is 2.99. The first-order valence-corrected chi connectivity index (χ1v) is 8.55. The Hall–Kier alpha value is -0.420. The number of hydrogen-bond donors (Lipinski definition) is 2. The molecule has 2 N–H and O–H groups in total. The van der Waals surface area contributed by atoms with Crippen molar-refractivity contribution in [3.8, 4) is 0 Å². The molecule has 0 saturated carbocycles. The van der Waals surface area contributed by atoms with Crippen LogP contribution in [0, 0.1) is 5.92 Å². The van der Waals surface area contributed by atoms with Crippen LogP contribution in [0.1, 0.15) is 23.7 Å². The lowest BCUT2D eigenvalue weighted by Crippen LogP contribution is -2.50. The van der Waals surface area contributed by atoms with E-state index in [2.05, 4.69) is 17.6 Å². The van der Waals surface area contributed by atoms with Crippen LogP contribution in [0.5, 0.6) is 0 Å². The fraction of sp³-hybridized carbons (Fsp3) is 0.500. The Balaban J connectivity index is 2.16. The van der Waals surface area contributed by atoms with E-state index in [9.17, 15) is 4.79 Å². The van der Waals surface area contributed by atoms with E-state index in [4.69, 9.17) is 23.2 Å². The fourth-order valence-electron chi connectivity index (χ4n) is 2.29. The van der Waals surface area contributed by atoms with Gasteiger partial charge in [0.15, 0.2) is 0 Å². The van der Waals surface area contributed by atoms with Gasteiger partial charge in [-0.25, -0.2) is 0 Å². The van der Waals surface area contributed by atoms with Gasteiger partial charge in [-0.3, -0.25) is 4.79 Å². The summed E-state index contributed by atoms with van der Waals surface area (Å²) in [4.78, 5) is 13.2. The van der Waals surface area contributed by atoms with Gasteiger partial charge in [-0.15, -0.1) is 11.8 Å². The minimum absolute atomic E-state index is 0.137. The summed E-state index contributed by atoms with van der Waals surface area (Å²) in [6, 6.07) is 3.53. The Labute approximate surface area is 133 Å². The zero-order valence-corrected chi connectivity index (χ0v) is 13.8. The predicted octanol–water partition coefficient (Wildman–Crippen LogP) is 3.44. The molecule has 0 aromatic heterocycles. The Morgan fingerprint density at radius 1 is 1.40 bits per heavy atom. The lowest BCUT2D eigenvalue weighted by Gasteiger charge is -2.30. The number of nitrogens with one attached hydrogen (secondary N) is 2. The zero-order valence-electron chi connectivity index (χ0n) is 11.5. The molecular formula is C14H18Cl2N2OS. The lowest BCUT2D eigenvalue weighted by atomic mass is 9.94. The molecule has 1 saturated heterocycles. The molecule has 0 aliphatic carbocycles. The van der Waals surface area contributed by atoms with Gasteiger partial charge in [0, 0.05) is 17.5 Å². The highest BCUT2D eigenvalue weighted by Crippen LogP contribution is 2.31. The molecule has 1 amide bonds. The first kappa shape index (κ1) is 16.0. The van der Waals surface area contributed by atoms with Gasteiger partial charge in [-0.1, -0.05) is 30.1 Å². The largest absolute Gasteiger partial charge is 0.348 e. The van der Waals surface area contributed by atoms with Gasteiger partial charge in [0.25, 0.3) is 5.91 Å². The van der Waals surface area contributed by atoms with Crippen molar-refractivity contribution in [2.24, 2.45) is 5.92 Å². The third-order valence-electron chi connectivity index (χ3n) is 3.63. The molecule has 0 bridgehead atoms. The Morgan fingerprint density at radius 2 is 2.15 bits per heavy atom. The van der Waals surface area contributed by atoms with Crippen molar-refractivity contribution < 1.29 is 4.79 Å². The molecule has 110 valence electrons. The van der Waals surface area contributed by atoms with Crippen LogP contribution >= 0.6 is 35.0 Å². The summed E-state index contributed by atoms with van der Waals surface area (Å²) in [6.45, 7) is 3.96. The molecule has 2 rings (SSSR count). The van der Waals surface area contributed by atoms with Crippen LogP contribution in [0.3, 0.4) is 0 Å². The Morgan fingerprint density at radius 3 is 2.80 bits per heavy atom. The van der Waals surface area contributed by atoms with E-state index in [1.165, 1.54) is 11.8 Å². The van der Waals surface area contributed by atoms with Crippen LogP contribution in [-0.4, -0.2) is 31.3 Å². The third-order valence-corrected chi connectivity index (χ3v) is 5.15. The maximum absolute atomic E-state index is 12.4. The second-order valence-corrected chi connectivity index (χ2v) is 6.68. The average Bonchev–Trinajstić information content (AvgIpc) is 2.41. The van der Waals surface area contributed by atoms with Gasteiger partial charge >= 0.3 is 0 Å². The minimum Gasteiger partial charge on any atom is -0.348 e. The molecule has 2 unspecified atom stereocenters. The van der Waals surface area contributed by atoms with Crippen molar-refractivity contribution in [1.29, 1.82) is 0 Å². The van der Waals surface area contributed by atoms with Gasteiger partial charge in [-0.2, -0.15) is 0 Å². The van der Waals surface area contributed by atoms with Crippen LogP contribution in [0.2, 0.25) is 10.0 Å². The first-order valence-electron chi connectivity index (χ1n) is 6.57. The summed E-state index contributed by atoms with van der Waals surface area (Å²) in [7, 11) is 0. The van der Waals surface area contributed by atoms with Gasteiger partial charge in [0.1, 0.15) is 0 Å². The van der Waals surface area contributed by atoms with Crippen molar-refractivity contribution in [2.75, 3.05) is 19.3 Å². The molecule has 1 aliphatic rings. The highest BCUT2D eigenvalue weighted by Gasteiger charge is 2.24. The maximum atomic E-state index is 12.4. The number of carbonyl (C=O) groups is 1. The van der Waals surface area contributed by atoms with E-state index in [0.29, 0.717) is 21.5 Å². The molecule has 1 heterocycles.